The first-order valence-corrected chi connectivity index (χ1v) is 6.87. The number of hydrogen-bond acceptors (Lipinski definition) is 3. The molecule has 1 heterocycles. The molecule has 1 aromatic rings. The van der Waals surface area contributed by atoms with Crippen molar-refractivity contribution in [3.63, 3.8) is 0 Å². The Balaban J connectivity index is 2.31. The lowest BCUT2D eigenvalue weighted by Crippen LogP contribution is -2.42. The molecule has 1 aliphatic rings. The number of rotatable bonds is 3. The van der Waals surface area contributed by atoms with E-state index in [9.17, 15) is 4.79 Å². The Morgan fingerprint density at radius 2 is 2.05 bits per heavy atom. The molecule has 108 valence electrons. The van der Waals surface area contributed by atoms with Crippen molar-refractivity contribution >= 4 is 11.7 Å². The van der Waals surface area contributed by atoms with Gasteiger partial charge in [0, 0.05) is 12.6 Å². The minimum absolute atomic E-state index is 0.0621. The Labute approximate surface area is 119 Å². The third-order valence-corrected chi connectivity index (χ3v) is 3.86. The first kappa shape index (κ1) is 14.4. The standard InChI is InChI=1S/C15H21N3O2/c1-10-8-11(2)18(9-10)15(19)13(14(16)17-20)12-6-4-3-5-7-12/h3-7,10-11,13,20H,8-9H2,1-2H3,(H2,16,17). The average molecular weight is 275 g/mol. The summed E-state index contributed by atoms with van der Waals surface area (Å²) in [4.78, 5) is 14.6. The second-order valence-electron chi connectivity index (χ2n) is 5.55. The molecule has 1 amide bonds. The third-order valence-electron chi connectivity index (χ3n) is 3.86. The lowest BCUT2D eigenvalue weighted by molar-refractivity contribution is -0.131. The molecule has 5 nitrogen and oxygen atoms in total. The maximum absolute atomic E-state index is 12.8. The number of nitrogens with two attached hydrogens (primary N) is 1. The normalized spacial score (nSPS) is 24.7. The van der Waals surface area contributed by atoms with Crippen LogP contribution in [-0.2, 0) is 4.79 Å². The van der Waals surface area contributed by atoms with Crippen molar-refractivity contribution in [2.45, 2.75) is 32.2 Å². The fraction of sp³-hybridized carbons (Fsp3) is 0.467. The Hall–Kier alpha value is -2.04. The SMILES string of the molecule is CC1CC(C)N(C(=O)C(/C(N)=N/O)c2ccccc2)C1. The van der Waals surface area contributed by atoms with Gasteiger partial charge < -0.3 is 15.8 Å². The number of amides is 1. The monoisotopic (exact) mass is 275 g/mol. The van der Waals surface area contributed by atoms with Crippen molar-refractivity contribution in [1.82, 2.24) is 4.90 Å². The van der Waals surface area contributed by atoms with Crippen LogP contribution in [0.3, 0.4) is 0 Å². The summed E-state index contributed by atoms with van der Waals surface area (Å²) in [7, 11) is 0. The summed E-state index contributed by atoms with van der Waals surface area (Å²) >= 11 is 0. The van der Waals surface area contributed by atoms with Gasteiger partial charge in [-0.2, -0.15) is 0 Å². The summed E-state index contributed by atoms with van der Waals surface area (Å²) in [6.45, 7) is 4.89. The van der Waals surface area contributed by atoms with E-state index in [2.05, 4.69) is 12.1 Å². The molecule has 20 heavy (non-hydrogen) atoms. The van der Waals surface area contributed by atoms with Crippen LogP contribution in [0.15, 0.2) is 35.5 Å². The van der Waals surface area contributed by atoms with Gasteiger partial charge in [-0.05, 0) is 24.8 Å². The fourth-order valence-electron chi connectivity index (χ4n) is 2.92. The number of benzene rings is 1. The van der Waals surface area contributed by atoms with Crippen LogP contribution in [0.25, 0.3) is 0 Å². The molecule has 0 saturated carbocycles. The molecule has 0 bridgehead atoms. The summed E-state index contributed by atoms with van der Waals surface area (Å²) in [5.41, 5.74) is 6.50. The summed E-state index contributed by atoms with van der Waals surface area (Å²) in [6, 6.07) is 9.40. The Morgan fingerprint density at radius 3 is 2.55 bits per heavy atom. The Bertz CT molecular complexity index is 501. The minimum Gasteiger partial charge on any atom is -0.409 e. The number of carbonyl (C=O) groups is 1. The van der Waals surface area contributed by atoms with E-state index in [-0.39, 0.29) is 17.8 Å². The Morgan fingerprint density at radius 1 is 1.40 bits per heavy atom. The summed E-state index contributed by atoms with van der Waals surface area (Å²) in [5, 5.41) is 12.0. The maximum atomic E-state index is 12.8. The summed E-state index contributed by atoms with van der Waals surface area (Å²) in [5.74, 6) is -0.386. The highest BCUT2D eigenvalue weighted by atomic mass is 16.4. The lowest BCUT2D eigenvalue weighted by atomic mass is 9.96. The number of hydrogen-bond donors (Lipinski definition) is 2. The molecule has 1 fully saturated rings. The van der Waals surface area contributed by atoms with Crippen LogP contribution in [0.5, 0.6) is 0 Å². The van der Waals surface area contributed by atoms with Gasteiger partial charge in [0.15, 0.2) is 5.84 Å². The van der Waals surface area contributed by atoms with E-state index < -0.39 is 5.92 Å². The summed E-state index contributed by atoms with van der Waals surface area (Å²) < 4.78 is 0. The van der Waals surface area contributed by atoms with Crippen LogP contribution in [0.4, 0.5) is 0 Å². The van der Waals surface area contributed by atoms with Gasteiger partial charge in [0.1, 0.15) is 5.92 Å². The smallest absolute Gasteiger partial charge is 0.238 e. The van der Waals surface area contributed by atoms with E-state index in [4.69, 9.17) is 10.9 Å². The molecule has 0 aromatic heterocycles. The van der Waals surface area contributed by atoms with Crippen LogP contribution in [0.1, 0.15) is 31.7 Å². The zero-order chi connectivity index (χ0) is 14.7. The number of oxime groups is 1. The van der Waals surface area contributed by atoms with Crippen molar-refractivity contribution in [3.05, 3.63) is 35.9 Å². The molecule has 0 aliphatic carbocycles. The van der Waals surface area contributed by atoms with Gasteiger partial charge in [-0.1, -0.05) is 42.4 Å². The number of carbonyl (C=O) groups excluding carboxylic acids is 1. The van der Waals surface area contributed by atoms with Crippen LogP contribution in [0, 0.1) is 5.92 Å². The molecule has 2 rings (SSSR count). The van der Waals surface area contributed by atoms with Crippen molar-refractivity contribution < 1.29 is 10.0 Å². The van der Waals surface area contributed by atoms with E-state index in [1.54, 1.807) is 0 Å². The zero-order valence-electron chi connectivity index (χ0n) is 11.9. The van der Waals surface area contributed by atoms with Crippen molar-refractivity contribution in [1.29, 1.82) is 0 Å². The second kappa shape index (κ2) is 5.94. The zero-order valence-corrected chi connectivity index (χ0v) is 11.9. The molecule has 1 aliphatic heterocycles. The van der Waals surface area contributed by atoms with Crippen LogP contribution in [0.2, 0.25) is 0 Å². The molecule has 3 unspecified atom stereocenters. The predicted molar refractivity (Wildman–Crippen MR) is 77.5 cm³/mol. The van der Waals surface area contributed by atoms with E-state index >= 15 is 0 Å². The maximum Gasteiger partial charge on any atom is 0.238 e. The van der Waals surface area contributed by atoms with Gasteiger partial charge in [0.25, 0.3) is 0 Å². The van der Waals surface area contributed by atoms with E-state index in [1.807, 2.05) is 42.2 Å². The lowest BCUT2D eigenvalue weighted by Gasteiger charge is -2.26. The van der Waals surface area contributed by atoms with Crippen molar-refractivity contribution in [3.8, 4) is 0 Å². The van der Waals surface area contributed by atoms with Crippen LogP contribution >= 0.6 is 0 Å². The highest BCUT2D eigenvalue weighted by molar-refractivity contribution is 6.07. The summed E-state index contributed by atoms with van der Waals surface area (Å²) in [6.07, 6.45) is 0.990. The second-order valence-corrected chi connectivity index (χ2v) is 5.55. The van der Waals surface area contributed by atoms with E-state index in [1.165, 1.54) is 0 Å². The molecule has 0 radical (unpaired) electrons. The number of amidine groups is 1. The van der Waals surface area contributed by atoms with Gasteiger partial charge in [0.2, 0.25) is 5.91 Å². The molecule has 1 saturated heterocycles. The molecule has 3 N–H and O–H groups in total. The van der Waals surface area contributed by atoms with Gasteiger partial charge >= 0.3 is 0 Å². The van der Waals surface area contributed by atoms with Crippen LogP contribution in [-0.4, -0.2) is 34.4 Å². The van der Waals surface area contributed by atoms with Crippen molar-refractivity contribution in [2.24, 2.45) is 16.8 Å². The largest absolute Gasteiger partial charge is 0.409 e. The highest BCUT2D eigenvalue weighted by Gasteiger charge is 2.36. The van der Waals surface area contributed by atoms with E-state index in [0.717, 1.165) is 18.5 Å². The highest BCUT2D eigenvalue weighted by Crippen LogP contribution is 2.27. The molecule has 5 heteroatoms. The molecular formula is C15H21N3O2. The first-order chi connectivity index (χ1) is 9.54. The quantitative estimate of drug-likeness (QED) is 0.382. The van der Waals surface area contributed by atoms with Gasteiger partial charge in [-0.15, -0.1) is 0 Å². The van der Waals surface area contributed by atoms with E-state index in [0.29, 0.717) is 5.92 Å². The van der Waals surface area contributed by atoms with Gasteiger partial charge in [-0.3, -0.25) is 4.79 Å². The van der Waals surface area contributed by atoms with Crippen LogP contribution < -0.4 is 5.73 Å². The third kappa shape index (κ3) is 2.76. The van der Waals surface area contributed by atoms with Gasteiger partial charge in [0.05, 0.1) is 0 Å². The Kier molecular flexibility index (Phi) is 4.27. The first-order valence-electron chi connectivity index (χ1n) is 6.87. The number of likely N-dealkylation sites (tertiary alicyclic amines) is 1. The fourth-order valence-corrected chi connectivity index (χ4v) is 2.92. The van der Waals surface area contributed by atoms with Crippen molar-refractivity contribution in [2.75, 3.05) is 6.54 Å². The topological polar surface area (TPSA) is 78.9 Å². The molecule has 1 aromatic carbocycles. The predicted octanol–water partition coefficient (Wildman–Crippen LogP) is 1.77. The molecule has 3 atom stereocenters. The van der Waals surface area contributed by atoms with Gasteiger partial charge in [-0.25, -0.2) is 0 Å². The average Bonchev–Trinajstić information content (AvgIpc) is 2.79. The minimum atomic E-state index is -0.714. The molecular weight excluding hydrogens is 254 g/mol. The molecule has 0 spiro atoms. The number of nitrogens with zero attached hydrogens (tertiary/aromatic N) is 2.